The van der Waals surface area contributed by atoms with E-state index < -0.39 is 0 Å². The van der Waals surface area contributed by atoms with E-state index in [1.807, 2.05) is 54.6 Å². The summed E-state index contributed by atoms with van der Waals surface area (Å²) in [5.74, 6) is 0.332. The molecule has 0 aromatic heterocycles. The molecule has 1 saturated heterocycles. The number of carbonyl (C=O) groups is 1. The highest BCUT2D eigenvalue weighted by Gasteiger charge is 2.25. The maximum atomic E-state index is 12.2. The van der Waals surface area contributed by atoms with Crippen LogP contribution in [0.4, 0.5) is 4.79 Å². The number of benzene rings is 2. The largest absolute Gasteiger partial charge is 0.445 e. The van der Waals surface area contributed by atoms with Gasteiger partial charge >= 0.3 is 6.09 Å². The minimum atomic E-state index is -0.258. The lowest BCUT2D eigenvalue weighted by Gasteiger charge is -2.31. The van der Waals surface area contributed by atoms with Crippen LogP contribution >= 0.6 is 0 Å². The Hall–Kier alpha value is -2.80. The minimum Gasteiger partial charge on any atom is -0.445 e. The van der Waals surface area contributed by atoms with Gasteiger partial charge in [-0.2, -0.15) is 5.26 Å². The average Bonchev–Trinajstić information content (AvgIpc) is 2.67. The SMILES string of the molecule is N#Cc1ccccc1C1CCN(C(=O)OCc2ccccc2)CC1. The molecule has 4 nitrogen and oxygen atoms in total. The van der Waals surface area contributed by atoms with Crippen LogP contribution in [0.1, 0.15) is 35.4 Å². The molecule has 2 aromatic rings. The van der Waals surface area contributed by atoms with Gasteiger partial charge in [-0.25, -0.2) is 4.79 Å². The highest BCUT2D eigenvalue weighted by atomic mass is 16.6. The number of ether oxygens (including phenoxy) is 1. The molecule has 2 aromatic carbocycles. The monoisotopic (exact) mass is 320 g/mol. The summed E-state index contributed by atoms with van der Waals surface area (Å²) >= 11 is 0. The number of amides is 1. The summed E-state index contributed by atoms with van der Waals surface area (Å²) in [6.07, 6.45) is 1.46. The molecule has 1 fully saturated rings. The molecule has 3 rings (SSSR count). The molecule has 0 unspecified atom stereocenters. The van der Waals surface area contributed by atoms with Crippen molar-refractivity contribution in [2.45, 2.75) is 25.4 Å². The van der Waals surface area contributed by atoms with Gasteiger partial charge in [-0.1, -0.05) is 48.5 Å². The normalized spacial score (nSPS) is 14.9. The van der Waals surface area contributed by atoms with Crippen LogP contribution in [-0.2, 0) is 11.3 Å². The Labute approximate surface area is 142 Å². The van der Waals surface area contributed by atoms with Gasteiger partial charge in [0, 0.05) is 13.1 Å². The van der Waals surface area contributed by atoms with Gasteiger partial charge < -0.3 is 9.64 Å². The first kappa shape index (κ1) is 16.1. The van der Waals surface area contributed by atoms with Crippen molar-refractivity contribution in [3.63, 3.8) is 0 Å². The maximum absolute atomic E-state index is 12.2. The summed E-state index contributed by atoms with van der Waals surface area (Å²) in [6.45, 7) is 1.63. The van der Waals surface area contributed by atoms with Crippen molar-refractivity contribution in [2.75, 3.05) is 13.1 Å². The van der Waals surface area contributed by atoms with Crippen molar-refractivity contribution in [3.8, 4) is 6.07 Å². The van der Waals surface area contributed by atoms with Crippen molar-refractivity contribution in [3.05, 3.63) is 71.3 Å². The second-order valence-electron chi connectivity index (χ2n) is 6.00. The molecule has 24 heavy (non-hydrogen) atoms. The zero-order valence-corrected chi connectivity index (χ0v) is 13.5. The van der Waals surface area contributed by atoms with Gasteiger partial charge in [0.15, 0.2) is 0 Å². The van der Waals surface area contributed by atoms with Gasteiger partial charge in [0.2, 0.25) is 0 Å². The molecule has 4 heteroatoms. The van der Waals surface area contributed by atoms with Crippen LogP contribution in [0, 0.1) is 11.3 Å². The number of carbonyl (C=O) groups excluding carboxylic acids is 1. The molecular formula is C20H20N2O2. The van der Waals surface area contributed by atoms with E-state index in [9.17, 15) is 10.1 Å². The Morgan fingerprint density at radius 2 is 1.75 bits per heavy atom. The molecule has 0 bridgehead atoms. The fraction of sp³-hybridized carbons (Fsp3) is 0.300. The van der Waals surface area contributed by atoms with Crippen LogP contribution < -0.4 is 0 Å². The Morgan fingerprint density at radius 1 is 1.08 bits per heavy atom. The third-order valence-electron chi connectivity index (χ3n) is 4.48. The summed E-state index contributed by atoms with van der Waals surface area (Å²) in [7, 11) is 0. The van der Waals surface area contributed by atoms with Crippen molar-refractivity contribution >= 4 is 6.09 Å². The van der Waals surface area contributed by atoms with E-state index in [4.69, 9.17) is 4.74 Å². The molecule has 1 aliphatic rings. The average molecular weight is 320 g/mol. The number of hydrogen-bond donors (Lipinski definition) is 0. The van der Waals surface area contributed by atoms with Crippen molar-refractivity contribution in [2.24, 2.45) is 0 Å². The Kier molecular flexibility index (Phi) is 5.12. The summed E-state index contributed by atoms with van der Waals surface area (Å²) in [5, 5.41) is 9.23. The number of rotatable bonds is 3. The molecule has 0 atom stereocenters. The first-order valence-corrected chi connectivity index (χ1v) is 8.22. The van der Waals surface area contributed by atoms with Crippen molar-refractivity contribution in [1.82, 2.24) is 4.90 Å². The van der Waals surface area contributed by atoms with Crippen LogP contribution in [0.3, 0.4) is 0 Å². The van der Waals surface area contributed by atoms with E-state index in [0.717, 1.165) is 29.5 Å². The Bertz CT molecular complexity index is 729. The molecular weight excluding hydrogens is 300 g/mol. The van der Waals surface area contributed by atoms with Crippen LogP contribution in [0.25, 0.3) is 0 Å². The van der Waals surface area contributed by atoms with E-state index in [1.165, 1.54) is 0 Å². The lowest BCUT2D eigenvalue weighted by Crippen LogP contribution is -2.38. The van der Waals surface area contributed by atoms with Gasteiger partial charge in [0.05, 0.1) is 11.6 Å². The Morgan fingerprint density at radius 3 is 2.46 bits per heavy atom. The number of hydrogen-bond acceptors (Lipinski definition) is 3. The molecule has 1 aliphatic heterocycles. The predicted octanol–water partition coefficient (Wildman–Crippen LogP) is 4.07. The molecule has 1 amide bonds. The second-order valence-corrected chi connectivity index (χ2v) is 6.00. The van der Waals surface area contributed by atoms with Gasteiger partial charge in [-0.15, -0.1) is 0 Å². The van der Waals surface area contributed by atoms with Crippen LogP contribution in [-0.4, -0.2) is 24.1 Å². The highest BCUT2D eigenvalue weighted by molar-refractivity contribution is 5.67. The molecule has 0 radical (unpaired) electrons. The van der Waals surface area contributed by atoms with Crippen LogP contribution in [0.15, 0.2) is 54.6 Å². The van der Waals surface area contributed by atoms with Gasteiger partial charge in [0.1, 0.15) is 6.61 Å². The minimum absolute atomic E-state index is 0.258. The molecule has 1 heterocycles. The lowest BCUT2D eigenvalue weighted by atomic mass is 9.87. The van der Waals surface area contributed by atoms with Gasteiger partial charge in [0.25, 0.3) is 0 Å². The van der Waals surface area contributed by atoms with Crippen LogP contribution in [0.5, 0.6) is 0 Å². The molecule has 0 aliphatic carbocycles. The standard InChI is InChI=1S/C20H20N2O2/c21-14-18-8-4-5-9-19(18)17-10-12-22(13-11-17)20(23)24-15-16-6-2-1-3-7-16/h1-9,17H,10-13,15H2. The number of nitriles is 1. The first-order valence-electron chi connectivity index (χ1n) is 8.22. The fourth-order valence-electron chi connectivity index (χ4n) is 3.14. The fourth-order valence-corrected chi connectivity index (χ4v) is 3.14. The second kappa shape index (κ2) is 7.65. The van der Waals surface area contributed by atoms with Crippen molar-refractivity contribution < 1.29 is 9.53 Å². The third-order valence-corrected chi connectivity index (χ3v) is 4.48. The molecule has 0 N–H and O–H groups in total. The smallest absolute Gasteiger partial charge is 0.410 e. The molecule has 0 spiro atoms. The van der Waals surface area contributed by atoms with Crippen LogP contribution in [0.2, 0.25) is 0 Å². The summed E-state index contributed by atoms with van der Waals surface area (Å²) in [6, 6.07) is 19.7. The number of piperidine rings is 1. The quantitative estimate of drug-likeness (QED) is 0.856. The number of nitrogens with zero attached hydrogens (tertiary/aromatic N) is 2. The van der Waals surface area contributed by atoms with E-state index in [1.54, 1.807) is 4.90 Å². The Balaban J connectivity index is 1.53. The number of likely N-dealkylation sites (tertiary alicyclic amines) is 1. The highest BCUT2D eigenvalue weighted by Crippen LogP contribution is 2.30. The van der Waals surface area contributed by atoms with Crippen molar-refractivity contribution in [1.29, 1.82) is 5.26 Å². The zero-order valence-electron chi connectivity index (χ0n) is 13.5. The predicted molar refractivity (Wildman–Crippen MR) is 91.3 cm³/mol. The summed E-state index contributed by atoms with van der Waals surface area (Å²) in [5.41, 5.74) is 2.82. The van der Waals surface area contributed by atoms with E-state index in [0.29, 0.717) is 25.6 Å². The summed E-state index contributed by atoms with van der Waals surface area (Å²) < 4.78 is 5.39. The summed E-state index contributed by atoms with van der Waals surface area (Å²) in [4.78, 5) is 13.9. The topological polar surface area (TPSA) is 53.3 Å². The van der Waals surface area contributed by atoms with E-state index in [-0.39, 0.29) is 6.09 Å². The van der Waals surface area contributed by atoms with E-state index in [2.05, 4.69) is 6.07 Å². The van der Waals surface area contributed by atoms with Gasteiger partial charge in [-0.05, 0) is 36.0 Å². The van der Waals surface area contributed by atoms with Gasteiger partial charge in [-0.3, -0.25) is 0 Å². The van der Waals surface area contributed by atoms with E-state index >= 15 is 0 Å². The zero-order chi connectivity index (χ0) is 16.8. The maximum Gasteiger partial charge on any atom is 0.410 e. The lowest BCUT2D eigenvalue weighted by molar-refractivity contribution is 0.0870. The third kappa shape index (κ3) is 3.75. The molecule has 122 valence electrons. The first-order chi connectivity index (χ1) is 11.8. The molecule has 0 saturated carbocycles.